The Kier molecular flexibility index (Phi) is 4.36. The molecule has 2 heterocycles. The van der Waals surface area contributed by atoms with Crippen LogP contribution in [0, 0.1) is 0 Å². The average molecular weight is 290 g/mol. The molecule has 0 saturated carbocycles. The first-order chi connectivity index (χ1) is 10.2. The number of nitrogens with one attached hydrogen (secondary N) is 1. The molecule has 3 rings (SSSR count). The number of piperidine rings is 1. The van der Waals surface area contributed by atoms with Crippen molar-refractivity contribution in [3.63, 3.8) is 0 Å². The van der Waals surface area contributed by atoms with Crippen LogP contribution in [0.15, 0.2) is 18.2 Å². The summed E-state index contributed by atoms with van der Waals surface area (Å²) in [7, 11) is 1.59. The lowest BCUT2D eigenvalue weighted by atomic mass is 9.96. The van der Waals surface area contributed by atoms with E-state index >= 15 is 0 Å². The summed E-state index contributed by atoms with van der Waals surface area (Å²) in [6, 6.07) is 7.28. The molecule has 4 nitrogen and oxygen atoms in total. The van der Waals surface area contributed by atoms with E-state index in [0.29, 0.717) is 11.8 Å². The lowest BCUT2D eigenvalue weighted by Gasteiger charge is -2.36. The van der Waals surface area contributed by atoms with E-state index in [1.807, 2.05) is 12.1 Å². The molecule has 2 saturated heterocycles. The highest BCUT2D eigenvalue weighted by molar-refractivity contribution is 5.42. The number of nitrogens with zero attached hydrogens (tertiary/aromatic N) is 1. The average Bonchev–Trinajstić information content (AvgIpc) is 2.95. The Morgan fingerprint density at radius 1 is 1.33 bits per heavy atom. The van der Waals surface area contributed by atoms with Crippen molar-refractivity contribution in [2.45, 2.75) is 50.7 Å². The Morgan fingerprint density at radius 3 is 3.00 bits per heavy atom. The van der Waals surface area contributed by atoms with Gasteiger partial charge in [-0.05, 0) is 63.4 Å². The monoisotopic (exact) mass is 290 g/mol. The fourth-order valence-electron chi connectivity index (χ4n) is 3.79. The Balaban J connectivity index is 1.62. The normalized spacial score (nSPS) is 27.3. The van der Waals surface area contributed by atoms with Crippen LogP contribution in [0.2, 0.25) is 0 Å². The molecule has 0 aliphatic carbocycles. The Labute approximate surface area is 127 Å². The van der Waals surface area contributed by atoms with Gasteiger partial charge in [0.2, 0.25) is 0 Å². The van der Waals surface area contributed by atoms with Gasteiger partial charge in [-0.25, -0.2) is 0 Å². The number of ether oxygens (including phenoxy) is 1. The summed E-state index contributed by atoms with van der Waals surface area (Å²) in [5.41, 5.74) is 1.17. The van der Waals surface area contributed by atoms with Crippen LogP contribution >= 0.6 is 0 Å². The Hall–Kier alpha value is -1.26. The lowest BCUT2D eigenvalue weighted by molar-refractivity contribution is 0.162. The van der Waals surface area contributed by atoms with Crippen molar-refractivity contribution in [2.75, 3.05) is 20.2 Å². The molecule has 0 aromatic heterocycles. The molecule has 1 aromatic rings. The topological polar surface area (TPSA) is 44.7 Å². The van der Waals surface area contributed by atoms with Crippen LogP contribution in [0.4, 0.5) is 0 Å². The molecule has 3 unspecified atom stereocenters. The van der Waals surface area contributed by atoms with E-state index in [1.54, 1.807) is 13.2 Å². The summed E-state index contributed by atoms with van der Waals surface area (Å²) in [4.78, 5) is 2.65. The molecule has 0 amide bonds. The largest absolute Gasteiger partial charge is 0.504 e. The van der Waals surface area contributed by atoms with Crippen LogP contribution in [-0.4, -0.2) is 42.3 Å². The standard InChI is InChI=1S/C17H26N2O2/c1-12(13-5-6-16(20)17(10-13)21-2)18-14-7-9-19-8-3-4-15(19)11-14/h5-6,10,12,14-15,18,20H,3-4,7-9,11H2,1-2H3. The zero-order valence-corrected chi connectivity index (χ0v) is 13.0. The van der Waals surface area contributed by atoms with Gasteiger partial charge in [0, 0.05) is 18.1 Å². The molecule has 2 fully saturated rings. The molecule has 116 valence electrons. The highest BCUT2D eigenvalue weighted by Crippen LogP contribution is 2.31. The predicted molar refractivity (Wildman–Crippen MR) is 83.8 cm³/mol. The van der Waals surface area contributed by atoms with Crippen molar-refractivity contribution in [1.82, 2.24) is 10.2 Å². The zero-order valence-electron chi connectivity index (χ0n) is 13.0. The van der Waals surface area contributed by atoms with Gasteiger partial charge in [0.25, 0.3) is 0 Å². The number of hydrogen-bond donors (Lipinski definition) is 2. The maximum absolute atomic E-state index is 9.69. The minimum Gasteiger partial charge on any atom is -0.504 e. The summed E-state index contributed by atoms with van der Waals surface area (Å²) in [6.45, 7) is 4.71. The van der Waals surface area contributed by atoms with E-state index < -0.39 is 0 Å². The number of aromatic hydroxyl groups is 1. The maximum Gasteiger partial charge on any atom is 0.160 e. The number of benzene rings is 1. The fraction of sp³-hybridized carbons (Fsp3) is 0.647. The SMILES string of the molecule is COc1cc(C(C)NC2CCN3CCCC3C2)ccc1O. The molecular formula is C17H26N2O2. The van der Waals surface area contributed by atoms with E-state index in [9.17, 15) is 5.11 Å². The highest BCUT2D eigenvalue weighted by atomic mass is 16.5. The minimum atomic E-state index is 0.202. The van der Waals surface area contributed by atoms with Crippen molar-refractivity contribution in [2.24, 2.45) is 0 Å². The van der Waals surface area contributed by atoms with Gasteiger partial charge in [-0.3, -0.25) is 0 Å². The van der Waals surface area contributed by atoms with E-state index in [0.717, 1.165) is 6.04 Å². The van der Waals surface area contributed by atoms with Gasteiger partial charge in [-0.15, -0.1) is 0 Å². The van der Waals surface area contributed by atoms with Crippen LogP contribution in [0.3, 0.4) is 0 Å². The summed E-state index contributed by atoms with van der Waals surface area (Å²) in [5, 5.41) is 13.4. The molecule has 1 aromatic carbocycles. The zero-order chi connectivity index (χ0) is 14.8. The van der Waals surface area contributed by atoms with E-state index in [2.05, 4.69) is 17.1 Å². The van der Waals surface area contributed by atoms with Crippen molar-refractivity contribution >= 4 is 0 Å². The van der Waals surface area contributed by atoms with Crippen molar-refractivity contribution in [1.29, 1.82) is 0 Å². The van der Waals surface area contributed by atoms with Gasteiger partial charge in [-0.1, -0.05) is 6.07 Å². The van der Waals surface area contributed by atoms with E-state index in [1.165, 1.54) is 44.3 Å². The number of phenolic OH excluding ortho intramolecular Hbond substituents is 1. The minimum absolute atomic E-state index is 0.202. The number of methoxy groups -OCH3 is 1. The van der Waals surface area contributed by atoms with Crippen LogP contribution < -0.4 is 10.1 Å². The van der Waals surface area contributed by atoms with Crippen molar-refractivity contribution in [3.8, 4) is 11.5 Å². The Bertz CT molecular complexity index is 492. The first-order valence-corrected chi connectivity index (χ1v) is 8.04. The van der Waals surface area contributed by atoms with Gasteiger partial charge in [0.15, 0.2) is 11.5 Å². The van der Waals surface area contributed by atoms with Crippen molar-refractivity contribution < 1.29 is 9.84 Å². The van der Waals surface area contributed by atoms with Gasteiger partial charge < -0.3 is 20.1 Å². The lowest BCUT2D eigenvalue weighted by Crippen LogP contribution is -2.46. The van der Waals surface area contributed by atoms with Gasteiger partial charge >= 0.3 is 0 Å². The third-order valence-electron chi connectivity index (χ3n) is 5.01. The highest BCUT2D eigenvalue weighted by Gasteiger charge is 2.32. The first-order valence-electron chi connectivity index (χ1n) is 8.04. The van der Waals surface area contributed by atoms with Gasteiger partial charge in [0.05, 0.1) is 7.11 Å². The number of hydrogen-bond acceptors (Lipinski definition) is 4. The Morgan fingerprint density at radius 2 is 2.19 bits per heavy atom. The number of fused-ring (bicyclic) bond motifs is 1. The molecule has 0 spiro atoms. The molecule has 3 atom stereocenters. The summed E-state index contributed by atoms with van der Waals surface area (Å²) >= 11 is 0. The van der Waals surface area contributed by atoms with E-state index in [-0.39, 0.29) is 11.8 Å². The molecule has 2 N–H and O–H groups in total. The quantitative estimate of drug-likeness (QED) is 0.895. The smallest absolute Gasteiger partial charge is 0.160 e. The van der Waals surface area contributed by atoms with E-state index in [4.69, 9.17) is 4.74 Å². The second-order valence-electron chi connectivity index (χ2n) is 6.37. The third-order valence-corrected chi connectivity index (χ3v) is 5.01. The number of phenols is 1. The van der Waals surface area contributed by atoms with Crippen LogP contribution in [-0.2, 0) is 0 Å². The predicted octanol–water partition coefficient (Wildman–Crippen LogP) is 2.68. The third kappa shape index (κ3) is 3.16. The van der Waals surface area contributed by atoms with Gasteiger partial charge in [0.1, 0.15) is 0 Å². The van der Waals surface area contributed by atoms with Crippen molar-refractivity contribution in [3.05, 3.63) is 23.8 Å². The molecular weight excluding hydrogens is 264 g/mol. The molecule has 4 heteroatoms. The maximum atomic E-state index is 9.69. The molecule has 2 aliphatic rings. The number of rotatable bonds is 4. The van der Waals surface area contributed by atoms with Crippen LogP contribution in [0.5, 0.6) is 11.5 Å². The molecule has 2 aliphatic heterocycles. The van der Waals surface area contributed by atoms with Crippen LogP contribution in [0.25, 0.3) is 0 Å². The first kappa shape index (κ1) is 14.7. The summed E-state index contributed by atoms with van der Waals surface area (Å²) in [6.07, 6.45) is 5.22. The summed E-state index contributed by atoms with van der Waals surface area (Å²) in [5.74, 6) is 0.750. The molecule has 0 radical (unpaired) electrons. The van der Waals surface area contributed by atoms with Crippen LogP contribution in [0.1, 0.15) is 44.2 Å². The second kappa shape index (κ2) is 6.24. The second-order valence-corrected chi connectivity index (χ2v) is 6.37. The fourth-order valence-corrected chi connectivity index (χ4v) is 3.79. The summed E-state index contributed by atoms with van der Waals surface area (Å²) < 4.78 is 5.20. The molecule has 21 heavy (non-hydrogen) atoms. The van der Waals surface area contributed by atoms with Gasteiger partial charge in [-0.2, -0.15) is 0 Å². The molecule has 0 bridgehead atoms.